The van der Waals surface area contributed by atoms with Crippen molar-refractivity contribution in [1.82, 2.24) is 0 Å². The third kappa shape index (κ3) is 5.02. The van der Waals surface area contributed by atoms with Gasteiger partial charge in [-0.2, -0.15) is 0 Å². The largest absolute Gasteiger partial charge is 0.478 e. The Hall–Kier alpha value is -3.40. The molecule has 4 rings (SSSR count). The van der Waals surface area contributed by atoms with Crippen LogP contribution in [0.15, 0.2) is 54.6 Å². The maximum Gasteiger partial charge on any atom is 0.336 e. The lowest BCUT2D eigenvalue weighted by molar-refractivity contribution is 0.0686. The van der Waals surface area contributed by atoms with Gasteiger partial charge in [0, 0.05) is 0 Å². The Labute approximate surface area is 207 Å². The Morgan fingerprint density at radius 1 is 0.829 bits per heavy atom. The molecule has 0 unspecified atom stereocenters. The van der Waals surface area contributed by atoms with Gasteiger partial charge in [-0.3, -0.25) is 0 Å². The number of hydrogen-bond donors (Lipinski definition) is 2. The van der Waals surface area contributed by atoms with Crippen molar-refractivity contribution < 1.29 is 19.8 Å². The van der Waals surface area contributed by atoms with Crippen LogP contribution in [-0.4, -0.2) is 22.2 Å². The molecule has 3 aromatic carbocycles. The summed E-state index contributed by atoms with van der Waals surface area (Å²) >= 11 is 0. The van der Waals surface area contributed by atoms with Crippen LogP contribution in [-0.2, 0) is 6.42 Å². The van der Waals surface area contributed by atoms with E-state index in [0.29, 0.717) is 23.0 Å². The number of hydrogen-bond acceptors (Lipinski definition) is 2. The van der Waals surface area contributed by atoms with E-state index in [1.54, 1.807) is 24.3 Å². The van der Waals surface area contributed by atoms with E-state index < -0.39 is 11.9 Å². The molecule has 0 saturated heterocycles. The summed E-state index contributed by atoms with van der Waals surface area (Å²) in [4.78, 5) is 24.5. The Morgan fingerprint density at radius 3 is 1.86 bits per heavy atom. The van der Waals surface area contributed by atoms with Crippen molar-refractivity contribution in [3.05, 3.63) is 82.4 Å². The summed E-state index contributed by atoms with van der Waals surface area (Å²) in [7, 11) is 0. The first-order chi connectivity index (χ1) is 16.8. The first-order valence-corrected chi connectivity index (χ1v) is 12.6. The number of carboxylic acid groups (broad SMARTS) is 2. The van der Waals surface area contributed by atoms with Crippen LogP contribution in [0.1, 0.15) is 89.3 Å². The summed E-state index contributed by atoms with van der Waals surface area (Å²) < 4.78 is 0. The minimum absolute atomic E-state index is 0.227. The highest BCUT2D eigenvalue weighted by molar-refractivity contribution is 6.04. The second-order valence-electron chi connectivity index (χ2n) is 10.1. The van der Waals surface area contributed by atoms with E-state index >= 15 is 0 Å². The van der Waals surface area contributed by atoms with Gasteiger partial charge in [0.15, 0.2) is 0 Å². The molecule has 0 aliphatic heterocycles. The average Bonchev–Trinajstić information content (AvgIpc) is 2.84. The Balaban J connectivity index is 2.15. The zero-order valence-corrected chi connectivity index (χ0v) is 20.8. The number of aryl methyl sites for hydroxylation is 1. The van der Waals surface area contributed by atoms with Crippen molar-refractivity contribution in [2.45, 2.75) is 65.2 Å². The number of carboxylic acids is 2. The standard InChI is InChI=1S/C31H34O4/c1-19(2)17-27-26(21-11-5-4-6-12-21)18-20(3)28(22-13-7-9-15-24(22)30(32)33)29(27)23-14-8-10-16-25(23)31(34)35/h7-10,13-16,18-19,21H,4-6,11-12,17H2,1-3H3,(H,32,33)(H,34,35). The molecule has 182 valence electrons. The fourth-order valence-electron chi connectivity index (χ4n) is 5.71. The van der Waals surface area contributed by atoms with Gasteiger partial charge < -0.3 is 10.2 Å². The van der Waals surface area contributed by atoms with Gasteiger partial charge in [0.05, 0.1) is 11.1 Å². The molecule has 0 bridgehead atoms. The average molecular weight is 471 g/mol. The second-order valence-corrected chi connectivity index (χ2v) is 10.1. The van der Waals surface area contributed by atoms with E-state index in [4.69, 9.17) is 0 Å². The van der Waals surface area contributed by atoms with Crippen LogP contribution in [0.25, 0.3) is 22.3 Å². The predicted octanol–water partition coefficient (Wildman–Crippen LogP) is 7.97. The summed E-state index contributed by atoms with van der Waals surface area (Å²) in [6.07, 6.45) is 6.74. The van der Waals surface area contributed by atoms with Gasteiger partial charge in [0.2, 0.25) is 0 Å². The van der Waals surface area contributed by atoms with E-state index in [1.165, 1.54) is 30.4 Å². The van der Waals surface area contributed by atoms with Crippen LogP contribution < -0.4 is 0 Å². The molecular formula is C31H34O4. The van der Waals surface area contributed by atoms with Crippen LogP contribution in [0.4, 0.5) is 0 Å². The zero-order valence-electron chi connectivity index (χ0n) is 20.8. The molecule has 1 aliphatic carbocycles. The summed E-state index contributed by atoms with van der Waals surface area (Å²) in [6.45, 7) is 6.40. The molecule has 4 heteroatoms. The smallest absolute Gasteiger partial charge is 0.336 e. The number of benzene rings is 3. The SMILES string of the molecule is Cc1cc(C2CCCCC2)c(CC(C)C)c(-c2ccccc2C(=O)O)c1-c1ccccc1C(=O)O. The van der Waals surface area contributed by atoms with E-state index in [1.807, 2.05) is 31.2 Å². The number of rotatable bonds is 7. The normalized spacial score (nSPS) is 14.3. The second kappa shape index (κ2) is 10.5. The van der Waals surface area contributed by atoms with Gasteiger partial charge in [0.1, 0.15) is 0 Å². The highest BCUT2D eigenvalue weighted by atomic mass is 16.4. The van der Waals surface area contributed by atoms with E-state index in [-0.39, 0.29) is 11.1 Å². The third-order valence-electron chi connectivity index (χ3n) is 7.18. The van der Waals surface area contributed by atoms with Gasteiger partial charge in [-0.25, -0.2) is 9.59 Å². The first-order valence-electron chi connectivity index (χ1n) is 12.6. The molecule has 1 aliphatic rings. The van der Waals surface area contributed by atoms with Gasteiger partial charge in [0.25, 0.3) is 0 Å². The quantitative estimate of drug-likeness (QED) is 0.367. The fourth-order valence-corrected chi connectivity index (χ4v) is 5.71. The lowest BCUT2D eigenvalue weighted by atomic mass is 9.74. The summed E-state index contributed by atoms with van der Waals surface area (Å²) in [5.74, 6) is -1.16. The zero-order chi connectivity index (χ0) is 25.1. The highest BCUT2D eigenvalue weighted by Gasteiger charge is 2.28. The van der Waals surface area contributed by atoms with Gasteiger partial charge in [-0.15, -0.1) is 0 Å². The van der Waals surface area contributed by atoms with Crippen LogP contribution in [0, 0.1) is 12.8 Å². The number of aromatic carboxylic acids is 2. The molecule has 1 saturated carbocycles. The van der Waals surface area contributed by atoms with E-state index in [2.05, 4.69) is 19.9 Å². The topological polar surface area (TPSA) is 74.6 Å². The Bertz CT molecular complexity index is 1250. The maximum atomic E-state index is 12.3. The molecule has 0 heterocycles. The van der Waals surface area contributed by atoms with Crippen LogP contribution >= 0.6 is 0 Å². The van der Waals surface area contributed by atoms with Gasteiger partial charge in [-0.1, -0.05) is 75.6 Å². The molecule has 0 atom stereocenters. The minimum Gasteiger partial charge on any atom is -0.478 e. The summed E-state index contributed by atoms with van der Waals surface area (Å²) in [5.41, 5.74) is 6.93. The highest BCUT2D eigenvalue weighted by Crippen LogP contribution is 2.46. The maximum absolute atomic E-state index is 12.3. The van der Waals surface area contributed by atoms with Crippen molar-refractivity contribution in [3.63, 3.8) is 0 Å². The van der Waals surface area contributed by atoms with Crippen LogP contribution in [0.5, 0.6) is 0 Å². The third-order valence-corrected chi connectivity index (χ3v) is 7.18. The molecule has 1 fully saturated rings. The lowest BCUT2D eigenvalue weighted by Gasteiger charge is -2.30. The van der Waals surface area contributed by atoms with Gasteiger partial charge in [-0.05, 0) is 89.1 Å². The summed E-state index contributed by atoms with van der Waals surface area (Å²) in [5, 5.41) is 20.1. The monoisotopic (exact) mass is 470 g/mol. The molecular weight excluding hydrogens is 436 g/mol. The first kappa shape index (κ1) is 24.7. The fraction of sp³-hybridized carbons (Fsp3) is 0.355. The van der Waals surface area contributed by atoms with Gasteiger partial charge >= 0.3 is 11.9 Å². The molecule has 35 heavy (non-hydrogen) atoms. The van der Waals surface area contributed by atoms with Crippen molar-refractivity contribution in [2.75, 3.05) is 0 Å². The molecule has 2 N–H and O–H groups in total. The van der Waals surface area contributed by atoms with Crippen molar-refractivity contribution >= 4 is 11.9 Å². The minimum atomic E-state index is -0.987. The Morgan fingerprint density at radius 2 is 1.34 bits per heavy atom. The van der Waals surface area contributed by atoms with Crippen molar-refractivity contribution in [2.24, 2.45) is 5.92 Å². The van der Waals surface area contributed by atoms with Crippen LogP contribution in [0.3, 0.4) is 0 Å². The lowest BCUT2D eigenvalue weighted by Crippen LogP contribution is -2.13. The van der Waals surface area contributed by atoms with E-state index in [0.717, 1.165) is 36.0 Å². The molecule has 0 spiro atoms. The molecule has 0 aromatic heterocycles. The van der Waals surface area contributed by atoms with E-state index in [9.17, 15) is 19.8 Å². The molecule has 0 radical (unpaired) electrons. The van der Waals surface area contributed by atoms with Crippen molar-refractivity contribution in [1.29, 1.82) is 0 Å². The van der Waals surface area contributed by atoms with Crippen LogP contribution in [0.2, 0.25) is 0 Å². The molecule has 0 amide bonds. The summed E-state index contributed by atoms with van der Waals surface area (Å²) in [6, 6.07) is 16.5. The Kier molecular flexibility index (Phi) is 7.39. The molecule has 3 aromatic rings. The van der Waals surface area contributed by atoms with Crippen molar-refractivity contribution in [3.8, 4) is 22.3 Å². The molecule has 4 nitrogen and oxygen atoms in total. The predicted molar refractivity (Wildman–Crippen MR) is 140 cm³/mol. The number of carbonyl (C=O) groups is 2.